The number of likely N-dealkylation sites (N-methyl/N-ethyl adjacent to an activating group) is 1. The molecule has 5 rings (SSSR count). The van der Waals surface area contributed by atoms with Crippen LogP contribution < -0.4 is 15.5 Å². The fraction of sp³-hybridized carbons (Fsp3) is 0.433. The molecule has 0 aliphatic carbocycles. The first-order valence-corrected chi connectivity index (χ1v) is 15.3. The molecule has 2 amide bonds. The van der Waals surface area contributed by atoms with E-state index in [1.165, 1.54) is 0 Å². The van der Waals surface area contributed by atoms with Crippen LogP contribution in [0.1, 0.15) is 37.6 Å². The van der Waals surface area contributed by atoms with Crippen LogP contribution in [0.2, 0.25) is 0 Å². The summed E-state index contributed by atoms with van der Waals surface area (Å²) in [7, 11) is 1.60. The van der Waals surface area contributed by atoms with Crippen molar-refractivity contribution in [3.05, 3.63) is 53.7 Å². The Labute approximate surface area is 249 Å². The van der Waals surface area contributed by atoms with E-state index >= 15 is 0 Å². The fourth-order valence-corrected chi connectivity index (χ4v) is 5.89. The number of fused-ring (bicyclic) bond motifs is 1. The first-order valence-electron chi connectivity index (χ1n) is 14.4. The van der Waals surface area contributed by atoms with Gasteiger partial charge in [0.25, 0.3) is 5.91 Å². The Kier molecular flexibility index (Phi) is 9.45. The second-order valence-electron chi connectivity index (χ2n) is 10.3. The van der Waals surface area contributed by atoms with Crippen LogP contribution in [0, 0.1) is 0 Å². The van der Waals surface area contributed by atoms with Gasteiger partial charge in [0.05, 0.1) is 34.6 Å². The van der Waals surface area contributed by atoms with Crippen LogP contribution in [0.3, 0.4) is 0 Å². The number of rotatable bonds is 13. The lowest BCUT2D eigenvalue weighted by Crippen LogP contribution is -2.57. The van der Waals surface area contributed by atoms with Crippen molar-refractivity contribution in [1.82, 2.24) is 35.1 Å². The molecular weight excluding hydrogens is 552 g/mol. The van der Waals surface area contributed by atoms with E-state index in [0.717, 1.165) is 23.7 Å². The molecular formula is C30H38N8O3S. The Morgan fingerprint density at radius 2 is 2.00 bits per heavy atom. The number of nitrogens with zero attached hydrogens (tertiary/aromatic N) is 6. The van der Waals surface area contributed by atoms with Gasteiger partial charge in [0, 0.05) is 44.5 Å². The highest BCUT2D eigenvalue weighted by Gasteiger charge is 2.35. The van der Waals surface area contributed by atoms with Gasteiger partial charge < -0.3 is 20.3 Å². The number of nitrogens with one attached hydrogen (secondary N) is 2. The van der Waals surface area contributed by atoms with Crippen molar-refractivity contribution in [1.29, 1.82) is 0 Å². The number of ether oxygens (including phenoxy) is 1. The maximum Gasteiger partial charge on any atom is 0.251 e. The lowest BCUT2D eigenvalue weighted by atomic mass is 10.0. The van der Waals surface area contributed by atoms with E-state index in [1.807, 2.05) is 34.7 Å². The first kappa shape index (κ1) is 29.6. The Balaban J connectivity index is 1.49. The Morgan fingerprint density at radius 3 is 2.69 bits per heavy atom. The standard InChI is InChI=1S/C30H38N8O3S/c1-5-36(6-2)20(3)18-32-29(39)21-16-24(34-27(17-21)37-12-10-25(37)30(40)31-11-14-41-4)22-19-33-38-13-9-23(35-28(22)38)26-8-7-15-42-26/h7-9,13,15-17,19-20,25H,5-6,10-12,14,18H2,1-4H3,(H,31,40)(H,32,39). The minimum Gasteiger partial charge on any atom is -0.383 e. The smallest absolute Gasteiger partial charge is 0.251 e. The van der Waals surface area contributed by atoms with Gasteiger partial charge in [-0.05, 0) is 56.1 Å². The van der Waals surface area contributed by atoms with Crippen LogP contribution in [0.5, 0.6) is 0 Å². The molecule has 2 atom stereocenters. The van der Waals surface area contributed by atoms with Crippen molar-refractivity contribution in [2.75, 3.05) is 51.3 Å². The number of amides is 2. The quantitative estimate of drug-likeness (QED) is 0.228. The van der Waals surface area contributed by atoms with E-state index in [-0.39, 0.29) is 23.9 Å². The van der Waals surface area contributed by atoms with Crippen molar-refractivity contribution < 1.29 is 14.3 Å². The molecule has 12 heteroatoms. The number of carbonyl (C=O) groups is 2. The lowest BCUT2D eigenvalue weighted by Gasteiger charge is -2.41. The number of anilines is 1. The monoisotopic (exact) mass is 590 g/mol. The average Bonchev–Trinajstić information content (AvgIpc) is 3.66. The summed E-state index contributed by atoms with van der Waals surface area (Å²) in [5, 5.41) is 12.5. The minimum absolute atomic E-state index is 0.0807. The van der Waals surface area contributed by atoms with E-state index < -0.39 is 0 Å². The predicted molar refractivity (Wildman–Crippen MR) is 165 cm³/mol. The molecule has 11 nitrogen and oxygen atoms in total. The van der Waals surface area contributed by atoms with E-state index in [4.69, 9.17) is 14.7 Å². The summed E-state index contributed by atoms with van der Waals surface area (Å²) in [6.07, 6.45) is 4.31. The molecule has 1 aliphatic rings. The zero-order chi connectivity index (χ0) is 29.6. The third kappa shape index (κ3) is 6.30. The Bertz CT molecular complexity index is 1520. The molecule has 5 heterocycles. The molecule has 4 aromatic heterocycles. The lowest BCUT2D eigenvalue weighted by molar-refractivity contribution is -0.123. The molecule has 42 heavy (non-hydrogen) atoms. The summed E-state index contributed by atoms with van der Waals surface area (Å²) >= 11 is 1.62. The molecule has 2 unspecified atom stereocenters. The summed E-state index contributed by atoms with van der Waals surface area (Å²) in [5.74, 6) is 0.299. The number of methoxy groups -OCH3 is 1. The number of thiophene rings is 1. The molecule has 1 aliphatic heterocycles. The van der Waals surface area contributed by atoms with Crippen molar-refractivity contribution in [2.24, 2.45) is 0 Å². The van der Waals surface area contributed by atoms with Gasteiger partial charge in [0.2, 0.25) is 5.91 Å². The van der Waals surface area contributed by atoms with Gasteiger partial charge in [-0.2, -0.15) is 5.10 Å². The molecule has 0 bridgehead atoms. The number of pyridine rings is 1. The van der Waals surface area contributed by atoms with Gasteiger partial charge >= 0.3 is 0 Å². The van der Waals surface area contributed by atoms with Crippen molar-refractivity contribution in [3.8, 4) is 21.8 Å². The molecule has 0 saturated carbocycles. The van der Waals surface area contributed by atoms with E-state index in [2.05, 4.69) is 41.4 Å². The fourth-order valence-electron chi connectivity index (χ4n) is 5.19. The van der Waals surface area contributed by atoms with Crippen LogP contribution in [-0.2, 0) is 9.53 Å². The van der Waals surface area contributed by atoms with Crippen molar-refractivity contribution in [2.45, 2.75) is 39.3 Å². The van der Waals surface area contributed by atoms with E-state index in [9.17, 15) is 9.59 Å². The third-order valence-corrected chi connectivity index (χ3v) is 8.60. The molecule has 222 valence electrons. The highest BCUT2D eigenvalue weighted by molar-refractivity contribution is 7.13. The van der Waals surface area contributed by atoms with E-state index in [1.54, 1.807) is 41.3 Å². The van der Waals surface area contributed by atoms with Crippen LogP contribution >= 0.6 is 11.3 Å². The number of carbonyl (C=O) groups excluding carboxylic acids is 2. The van der Waals surface area contributed by atoms with Crippen LogP contribution in [-0.4, -0.2) is 94.8 Å². The second kappa shape index (κ2) is 13.4. The molecule has 0 radical (unpaired) electrons. The summed E-state index contributed by atoms with van der Waals surface area (Å²) in [6, 6.07) is 9.34. The molecule has 1 saturated heterocycles. The van der Waals surface area contributed by atoms with Crippen LogP contribution in [0.4, 0.5) is 5.82 Å². The summed E-state index contributed by atoms with van der Waals surface area (Å²) in [4.78, 5) is 41.5. The molecule has 4 aromatic rings. The van der Waals surface area contributed by atoms with Crippen molar-refractivity contribution in [3.63, 3.8) is 0 Å². The summed E-state index contributed by atoms with van der Waals surface area (Å²) in [6.45, 7) is 10.2. The highest BCUT2D eigenvalue weighted by Crippen LogP contribution is 2.32. The maximum absolute atomic E-state index is 13.5. The SMILES string of the molecule is CCN(CC)C(C)CNC(=O)c1cc(-c2cnn3ccc(-c4cccs4)nc23)nc(N2CCC2C(=O)NCCOC)c1. The normalized spacial score (nSPS) is 15.5. The topological polar surface area (TPSA) is 117 Å². The predicted octanol–water partition coefficient (Wildman–Crippen LogP) is 3.32. The summed E-state index contributed by atoms with van der Waals surface area (Å²) in [5.41, 5.74) is 3.24. The summed E-state index contributed by atoms with van der Waals surface area (Å²) < 4.78 is 6.78. The molecule has 0 aromatic carbocycles. The number of hydrogen-bond acceptors (Lipinski definition) is 9. The second-order valence-corrected chi connectivity index (χ2v) is 11.2. The van der Waals surface area contributed by atoms with Gasteiger partial charge in [0.15, 0.2) is 5.65 Å². The maximum atomic E-state index is 13.5. The number of hydrogen-bond donors (Lipinski definition) is 2. The zero-order valence-corrected chi connectivity index (χ0v) is 25.4. The molecule has 2 N–H and O–H groups in total. The van der Waals surface area contributed by atoms with Crippen LogP contribution in [0.15, 0.2) is 48.1 Å². The third-order valence-electron chi connectivity index (χ3n) is 7.71. The van der Waals surface area contributed by atoms with Crippen molar-refractivity contribution >= 4 is 34.6 Å². The zero-order valence-electron chi connectivity index (χ0n) is 24.5. The molecule has 1 fully saturated rings. The van der Waals surface area contributed by atoms with Gasteiger partial charge in [-0.25, -0.2) is 14.5 Å². The van der Waals surface area contributed by atoms with Gasteiger partial charge in [-0.1, -0.05) is 19.9 Å². The largest absolute Gasteiger partial charge is 0.383 e. The van der Waals surface area contributed by atoms with Gasteiger partial charge in [0.1, 0.15) is 11.9 Å². The molecule has 0 spiro atoms. The highest BCUT2D eigenvalue weighted by atomic mass is 32.1. The Hall–Kier alpha value is -3.87. The first-order chi connectivity index (χ1) is 20.4. The average molecular weight is 591 g/mol. The Morgan fingerprint density at radius 1 is 1.17 bits per heavy atom. The van der Waals surface area contributed by atoms with Gasteiger partial charge in [-0.3, -0.25) is 14.5 Å². The minimum atomic E-state index is -0.365. The number of aromatic nitrogens is 4. The van der Waals surface area contributed by atoms with Gasteiger partial charge in [-0.15, -0.1) is 11.3 Å². The van der Waals surface area contributed by atoms with E-state index in [0.29, 0.717) is 60.9 Å². The van der Waals surface area contributed by atoms with Crippen LogP contribution in [0.25, 0.3) is 27.5 Å².